The molecule has 0 fully saturated rings. The van der Waals surface area contributed by atoms with Gasteiger partial charge < -0.3 is 0 Å². The molecule has 90 valence electrons. The second kappa shape index (κ2) is 5.98. The zero-order valence-corrected chi connectivity index (χ0v) is 12.1. The van der Waals surface area contributed by atoms with Gasteiger partial charge in [-0.2, -0.15) is 0 Å². The lowest BCUT2D eigenvalue weighted by molar-refractivity contribution is 0.560. The third kappa shape index (κ3) is 3.53. The average molecular weight is 332 g/mol. The van der Waals surface area contributed by atoms with Crippen molar-refractivity contribution < 1.29 is 0 Å². The lowest BCUT2D eigenvalue weighted by Gasteiger charge is -2.14. The van der Waals surface area contributed by atoms with Gasteiger partial charge in [-0.05, 0) is 52.2 Å². The first-order chi connectivity index (χ1) is 8.19. The Hall–Kier alpha value is -0.390. The van der Waals surface area contributed by atoms with Crippen molar-refractivity contribution in [1.82, 2.24) is 5.43 Å². The highest BCUT2D eigenvalue weighted by atomic mass is 79.9. The average Bonchev–Trinajstić information content (AvgIpc) is 2.73. The molecule has 0 aliphatic rings. The Morgan fingerprint density at radius 2 is 2.18 bits per heavy atom. The van der Waals surface area contributed by atoms with Crippen molar-refractivity contribution in [3.05, 3.63) is 55.6 Å². The molecule has 17 heavy (non-hydrogen) atoms. The van der Waals surface area contributed by atoms with Crippen molar-refractivity contribution in [2.45, 2.75) is 12.5 Å². The van der Waals surface area contributed by atoms with Gasteiger partial charge in [0, 0.05) is 9.90 Å². The number of thiophene rings is 1. The van der Waals surface area contributed by atoms with Gasteiger partial charge >= 0.3 is 0 Å². The normalized spacial score (nSPS) is 12.6. The molecule has 1 unspecified atom stereocenters. The topological polar surface area (TPSA) is 38.0 Å². The summed E-state index contributed by atoms with van der Waals surface area (Å²) in [5.41, 5.74) is 4.02. The summed E-state index contributed by atoms with van der Waals surface area (Å²) in [6.45, 7) is 0. The Bertz CT molecular complexity index is 501. The second-order valence-electron chi connectivity index (χ2n) is 3.70. The number of hydrogen-bond donors (Lipinski definition) is 2. The van der Waals surface area contributed by atoms with E-state index in [0.717, 1.165) is 15.2 Å². The van der Waals surface area contributed by atoms with Crippen molar-refractivity contribution in [3.8, 4) is 0 Å². The number of rotatable bonds is 4. The first-order valence-corrected chi connectivity index (χ1v) is 7.13. The molecule has 0 radical (unpaired) electrons. The van der Waals surface area contributed by atoms with E-state index in [-0.39, 0.29) is 6.04 Å². The summed E-state index contributed by atoms with van der Waals surface area (Å²) in [5.74, 6) is 5.61. The Kier molecular flexibility index (Phi) is 4.59. The van der Waals surface area contributed by atoms with Gasteiger partial charge in [-0.3, -0.25) is 11.3 Å². The van der Waals surface area contributed by atoms with Crippen LogP contribution < -0.4 is 11.3 Å². The smallest absolute Gasteiger partial charge is 0.0702 e. The van der Waals surface area contributed by atoms with Crippen molar-refractivity contribution in [3.63, 3.8) is 0 Å². The fraction of sp³-hybridized carbons (Fsp3) is 0.167. The lowest BCUT2D eigenvalue weighted by atomic mass is 10.1. The molecule has 5 heteroatoms. The van der Waals surface area contributed by atoms with Crippen LogP contribution in [0.1, 0.15) is 16.5 Å². The molecule has 1 heterocycles. The monoisotopic (exact) mass is 330 g/mol. The van der Waals surface area contributed by atoms with Gasteiger partial charge in [-0.1, -0.05) is 23.7 Å². The van der Waals surface area contributed by atoms with E-state index in [2.05, 4.69) is 33.5 Å². The number of hydrogen-bond acceptors (Lipinski definition) is 3. The number of hydrazine groups is 1. The van der Waals surface area contributed by atoms with Crippen molar-refractivity contribution >= 4 is 38.9 Å². The van der Waals surface area contributed by atoms with Gasteiger partial charge in [-0.25, -0.2) is 0 Å². The summed E-state index contributed by atoms with van der Waals surface area (Å²) in [5, 5.41) is 0.755. The van der Waals surface area contributed by atoms with Gasteiger partial charge in [-0.15, -0.1) is 11.3 Å². The van der Waals surface area contributed by atoms with Crippen LogP contribution in [0.25, 0.3) is 0 Å². The maximum Gasteiger partial charge on any atom is 0.0702 e. The van der Waals surface area contributed by atoms with E-state index in [0.29, 0.717) is 0 Å². The van der Waals surface area contributed by atoms with Crippen LogP contribution in [0.4, 0.5) is 0 Å². The van der Waals surface area contributed by atoms with Crippen LogP contribution in [0.2, 0.25) is 5.02 Å². The molecule has 0 aliphatic heterocycles. The van der Waals surface area contributed by atoms with Crippen molar-refractivity contribution in [2.24, 2.45) is 5.84 Å². The molecule has 0 aliphatic carbocycles. The maximum atomic E-state index is 5.97. The summed E-state index contributed by atoms with van der Waals surface area (Å²) >= 11 is 11.1. The van der Waals surface area contributed by atoms with Crippen LogP contribution in [-0.4, -0.2) is 0 Å². The SMILES string of the molecule is NNC(Cc1cccc(Cl)c1)c1ccc(Br)s1. The third-order valence-electron chi connectivity index (χ3n) is 2.47. The van der Waals surface area contributed by atoms with Gasteiger partial charge in [0.25, 0.3) is 0 Å². The molecule has 0 bridgehead atoms. The van der Waals surface area contributed by atoms with Crippen molar-refractivity contribution in [2.75, 3.05) is 0 Å². The highest BCUT2D eigenvalue weighted by Gasteiger charge is 2.12. The number of benzene rings is 1. The van der Waals surface area contributed by atoms with Gasteiger partial charge in [0.2, 0.25) is 0 Å². The highest BCUT2D eigenvalue weighted by molar-refractivity contribution is 9.11. The molecular formula is C12H12BrClN2S. The first-order valence-electron chi connectivity index (χ1n) is 5.15. The van der Waals surface area contributed by atoms with Crippen LogP contribution in [0.3, 0.4) is 0 Å². The minimum atomic E-state index is 0.116. The van der Waals surface area contributed by atoms with E-state index >= 15 is 0 Å². The maximum absolute atomic E-state index is 5.97. The van der Waals surface area contributed by atoms with E-state index < -0.39 is 0 Å². The highest BCUT2D eigenvalue weighted by Crippen LogP contribution is 2.29. The first kappa shape index (κ1) is 13.1. The fourth-order valence-electron chi connectivity index (χ4n) is 1.66. The Morgan fingerprint density at radius 1 is 1.35 bits per heavy atom. The predicted octanol–water partition coefficient (Wildman–Crippen LogP) is 3.91. The molecular weight excluding hydrogens is 320 g/mol. The van der Waals surface area contributed by atoms with E-state index in [1.54, 1.807) is 11.3 Å². The van der Waals surface area contributed by atoms with E-state index in [4.69, 9.17) is 17.4 Å². The number of nitrogens with one attached hydrogen (secondary N) is 1. The van der Waals surface area contributed by atoms with Crippen LogP contribution in [0, 0.1) is 0 Å². The standard InChI is InChI=1S/C12H12BrClN2S/c13-12-5-4-11(17-12)10(16-15)7-8-2-1-3-9(14)6-8/h1-6,10,16H,7,15H2. The molecule has 2 rings (SSSR count). The molecule has 1 atom stereocenters. The summed E-state index contributed by atoms with van der Waals surface area (Å²) in [6, 6.07) is 12.1. The minimum Gasteiger partial charge on any atom is -0.271 e. The quantitative estimate of drug-likeness (QED) is 0.658. The van der Waals surface area contributed by atoms with E-state index in [1.807, 2.05) is 24.3 Å². The largest absolute Gasteiger partial charge is 0.271 e. The zero-order chi connectivity index (χ0) is 12.3. The molecule has 0 spiro atoms. The predicted molar refractivity (Wildman–Crippen MR) is 77.2 cm³/mol. The Morgan fingerprint density at radius 3 is 2.76 bits per heavy atom. The molecule has 0 amide bonds. The molecule has 0 saturated heterocycles. The summed E-state index contributed by atoms with van der Waals surface area (Å²) in [6.07, 6.45) is 0.823. The molecule has 2 nitrogen and oxygen atoms in total. The zero-order valence-electron chi connectivity index (χ0n) is 8.99. The lowest BCUT2D eigenvalue weighted by Crippen LogP contribution is -2.28. The van der Waals surface area contributed by atoms with Gasteiger partial charge in [0.1, 0.15) is 0 Å². The van der Waals surface area contributed by atoms with Gasteiger partial charge in [0.15, 0.2) is 0 Å². The van der Waals surface area contributed by atoms with Crippen LogP contribution in [0.15, 0.2) is 40.2 Å². The van der Waals surface area contributed by atoms with E-state index in [1.165, 1.54) is 10.4 Å². The third-order valence-corrected chi connectivity index (χ3v) is 4.44. The van der Waals surface area contributed by atoms with Crippen molar-refractivity contribution in [1.29, 1.82) is 0 Å². The molecule has 3 N–H and O–H groups in total. The van der Waals surface area contributed by atoms with E-state index in [9.17, 15) is 0 Å². The van der Waals surface area contributed by atoms with Crippen LogP contribution in [0.5, 0.6) is 0 Å². The summed E-state index contributed by atoms with van der Waals surface area (Å²) in [7, 11) is 0. The number of halogens is 2. The molecule has 1 aromatic carbocycles. The van der Waals surface area contributed by atoms with Crippen LogP contribution in [-0.2, 0) is 6.42 Å². The Labute approximate surface area is 118 Å². The molecule has 1 aromatic heterocycles. The summed E-state index contributed by atoms with van der Waals surface area (Å²) in [4.78, 5) is 1.21. The number of nitrogens with two attached hydrogens (primary N) is 1. The molecule has 2 aromatic rings. The second-order valence-corrected chi connectivity index (χ2v) is 6.63. The minimum absolute atomic E-state index is 0.116. The van der Waals surface area contributed by atoms with Crippen LogP contribution >= 0.6 is 38.9 Å². The Balaban J connectivity index is 2.15. The molecule has 0 saturated carbocycles. The van der Waals surface area contributed by atoms with Gasteiger partial charge in [0.05, 0.1) is 9.83 Å². The summed E-state index contributed by atoms with van der Waals surface area (Å²) < 4.78 is 1.11. The fourth-order valence-corrected chi connectivity index (χ4v) is 3.35.